The van der Waals surface area contributed by atoms with Crippen molar-refractivity contribution in [3.05, 3.63) is 89.1 Å². The molecule has 28 heavy (non-hydrogen) atoms. The molecule has 6 nitrogen and oxygen atoms in total. The molecule has 7 heteroatoms. The van der Waals surface area contributed by atoms with Gasteiger partial charge in [-0.1, -0.05) is 17.7 Å². The van der Waals surface area contributed by atoms with E-state index in [4.69, 9.17) is 16.0 Å². The fraction of sp³-hybridized carbons (Fsp3) is 0. The number of benzene rings is 2. The van der Waals surface area contributed by atoms with Gasteiger partial charge >= 0.3 is 0 Å². The van der Waals surface area contributed by atoms with Crippen LogP contribution < -0.4 is 10.9 Å². The monoisotopic (exact) mass is 391 g/mol. The maximum Gasteiger partial charge on any atom is 0.262 e. The summed E-state index contributed by atoms with van der Waals surface area (Å²) in [5.74, 6) is 0.0558. The van der Waals surface area contributed by atoms with Crippen LogP contribution in [0.15, 0.2) is 82.3 Å². The number of phenolic OH excluding ortho intramolecular Hbond substituents is 1. The van der Waals surface area contributed by atoms with E-state index in [9.17, 15) is 9.90 Å². The van der Waals surface area contributed by atoms with E-state index >= 15 is 0 Å². The highest BCUT2D eigenvalue weighted by Gasteiger charge is 2.14. The van der Waals surface area contributed by atoms with Crippen molar-refractivity contribution < 1.29 is 14.3 Å². The van der Waals surface area contributed by atoms with Gasteiger partial charge in [0.1, 0.15) is 22.7 Å². The molecular weight excluding hydrogens is 378 g/mol. The topological polar surface area (TPSA) is 87.7 Å². The predicted octanol–water partition coefficient (Wildman–Crippen LogP) is 4.67. The number of aromatic hydroxyl groups is 1. The number of aromatic nitrogens is 1. The van der Waals surface area contributed by atoms with Gasteiger partial charge in [-0.3, -0.25) is 4.79 Å². The lowest BCUT2D eigenvalue weighted by Crippen LogP contribution is -2.22. The first-order valence-electron chi connectivity index (χ1n) is 8.38. The van der Waals surface area contributed by atoms with E-state index in [0.29, 0.717) is 27.5 Å². The van der Waals surface area contributed by atoms with Gasteiger partial charge in [0.2, 0.25) is 5.55 Å². The summed E-state index contributed by atoms with van der Waals surface area (Å²) in [6, 6.07) is 18.3. The van der Waals surface area contributed by atoms with Crippen molar-refractivity contribution in [1.29, 1.82) is 0 Å². The molecule has 0 unspecified atom stereocenters. The summed E-state index contributed by atoms with van der Waals surface area (Å²) < 4.78 is 5.83. The number of phenols is 1. The third-order valence-corrected chi connectivity index (χ3v) is 4.19. The summed E-state index contributed by atoms with van der Waals surface area (Å²) in [6.07, 6.45) is 1.59. The summed E-state index contributed by atoms with van der Waals surface area (Å²) in [4.78, 5) is 21.4. The van der Waals surface area contributed by atoms with E-state index in [1.54, 1.807) is 60.8 Å². The van der Waals surface area contributed by atoms with E-state index in [1.807, 2.05) is 0 Å². The molecule has 2 aromatic carbocycles. The fourth-order valence-electron chi connectivity index (χ4n) is 2.61. The smallest absolute Gasteiger partial charge is 0.262 e. The van der Waals surface area contributed by atoms with Crippen molar-refractivity contribution in [3.8, 4) is 5.75 Å². The Labute approximate surface area is 164 Å². The number of rotatable bonds is 3. The Bertz CT molecular complexity index is 1220. The fourth-order valence-corrected chi connectivity index (χ4v) is 2.73. The number of carbonyl (C=O) groups excluding carboxylic acids is 1. The summed E-state index contributed by atoms with van der Waals surface area (Å²) >= 11 is 5.92. The molecule has 2 N–H and O–H groups in total. The Kier molecular flexibility index (Phi) is 4.78. The second-order valence-electron chi connectivity index (χ2n) is 5.94. The Morgan fingerprint density at radius 2 is 1.89 bits per heavy atom. The van der Waals surface area contributed by atoms with Crippen molar-refractivity contribution in [1.82, 2.24) is 4.98 Å². The molecule has 0 fully saturated rings. The Balaban J connectivity index is 1.86. The number of anilines is 1. The zero-order chi connectivity index (χ0) is 19.5. The minimum atomic E-state index is -0.412. The van der Waals surface area contributed by atoms with Crippen LogP contribution in [0.3, 0.4) is 0 Å². The lowest BCUT2D eigenvalue weighted by Gasteiger charge is -2.06. The third-order valence-electron chi connectivity index (χ3n) is 3.94. The number of amides is 1. The number of hydrogen-bond acceptors (Lipinski definition) is 5. The second kappa shape index (κ2) is 7.54. The average Bonchev–Trinajstić information content (AvgIpc) is 2.70. The van der Waals surface area contributed by atoms with Crippen LogP contribution in [-0.4, -0.2) is 16.0 Å². The molecule has 4 aromatic rings. The van der Waals surface area contributed by atoms with Crippen LogP contribution in [0.1, 0.15) is 10.4 Å². The van der Waals surface area contributed by atoms with Crippen molar-refractivity contribution >= 4 is 40.0 Å². The van der Waals surface area contributed by atoms with Gasteiger partial charge < -0.3 is 14.8 Å². The molecule has 1 amide bonds. The van der Waals surface area contributed by atoms with Crippen LogP contribution in [0, 0.1) is 0 Å². The maximum absolute atomic E-state index is 12.8. The van der Waals surface area contributed by atoms with Gasteiger partial charge in [-0.15, -0.1) is 0 Å². The lowest BCUT2D eigenvalue weighted by molar-refractivity contribution is 0.102. The summed E-state index contributed by atoms with van der Waals surface area (Å²) in [7, 11) is 0. The molecule has 138 valence electrons. The zero-order valence-electron chi connectivity index (χ0n) is 14.5. The van der Waals surface area contributed by atoms with E-state index < -0.39 is 5.91 Å². The molecule has 0 aliphatic rings. The quantitative estimate of drug-likeness (QED) is 0.531. The molecule has 0 radical (unpaired) electrons. The number of nitrogens with one attached hydrogen (secondary N) is 1. The maximum atomic E-state index is 12.8. The predicted molar refractivity (Wildman–Crippen MR) is 107 cm³/mol. The SMILES string of the molecule is O=C(Nc1ccccn1)c1cc2ccc(O)cc2oc1=Nc1ccc(Cl)cc1. The molecule has 2 aromatic heterocycles. The number of halogens is 1. The van der Waals surface area contributed by atoms with Crippen LogP contribution in [0.25, 0.3) is 11.0 Å². The number of fused-ring (bicyclic) bond motifs is 1. The Hall–Kier alpha value is -3.64. The van der Waals surface area contributed by atoms with Gasteiger partial charge in [0.25, 0.3) is 5.91 Å². The van der Waals surface area contributed by atoms with E-state index in [0.717, 1.165) is 0 Å². The van der Waals surface area contributed by atoms with Crippen LogP contribution in [0.4, 0.5) is 11.5 Å². The van der Waals surface area contributed by atoms with Crippen molar-refractivity contribution in [2.45, 2.75) is 0 Å². The van der Waals surface area contributed by atoms with Gasteiger partial charge in [-0.2, -0.15) is 0 Å². The Morgan fingerprint density at radius 3 is 2.64 bits per heavy atom. The normalized spacial score (nSPS) is 11.5. The molecular formula is C21H14ClN3O3. The van der Waals surface area contributed by atoms with E-state index in [2.05, 4.69) is 15.3 Å². The Morgan fingerprint density at radius 1 is 1.07 bits per heavy atom. The van der Waals surface area contributed by atoms with Gasteiger partial charge in [-0.25, -0.2) is 9.98 Å². The first-order chi connectivity index (χ1) is 13.6. The largest absolute Gasteiger partial charge is 0.508 e. The van der Waals surface area contributed by atoms with Gasteiger partial charge in [0, 0.05) is 22.7 Å². The highest BCUT2D eigenvalue weighted by Crippen LogP contribution is 2.21. The van der Waals surface area contributed by atoms with Crippen molar-refractivity contribution in [2.75, 3.05) is 5.32 Å². The second-order valence-corrected chi connectivity index (χ2v) is 6.38. The molecule has 0 saturated carbocycles. The standard InChI is InChI=1S/C21H14ClN3O3/c22-14-5-7-15(8-6-14)24-21-17(20(27)25-19-3-1-2-10-23-19)11-13-4-9-16(26)12-18(13)28-21/h1-12,26H,(H,23,25,27). The molecule has 2 heterocycles. The minimum Gasteiger partial charge on any atom is -0.508 e. The summed E-state index contributed by atoms with van der Waals surface area (Å²) in [6.45, 7) is 0. The van der Waals surface area contributed by atoms with Crippen molar-refractivity contribution in [2.24, 2.45) is 4.99 Å². The van der Waals surface area contributed by atoms with Gasteiger partial charge in [-0.05, 0) is 54.6 Å². The number of pyridine rings is 1. The van der Waals surface area contributed by atoms with E-state index in [1.165, 1.54) is 12.1 Å². The number of carbonyl (C=O) groups is 1. The number of hydrogen-bond donors (Lipinski definition) is 2. The number of nitrogens with zero attached hydrogens (tertiary/aromatic N) is 2. The van der Waals surface area contributed by atoms with Crippen molar-refractivity contribution in [3.63, 3.8) is 0 Å². The zero-order valence-corrected chi connectivity index (χ0v) is 15.2. The minimum absolute atomic E-state index is 0.0550. The van der Waals surface area contributed by atoms with Crippen LogP contribution in [0.2, 0.25) is 5.02 Å². The molecule has 0 atom stereocenters. The molecule has 0 bridgehead atoms. The first kappa shape index (κ1) is 17.8. The molecule has 0 spiro atoms. The van der Waals surface area contributed by atoms with E-state index in [-0.39, 0.29) is 16.9 Å². The first-order valence-corrected chi connectivity index (χ1v) is 8.76. The van der Waals surface area contributed by atoms with Gasteiger partial charge in [0.15, 0.2) is 0 Å². The lowest BCUT2D eigenvalue weighted by atomic mass is 10.1. The van der Waals surface area contributed by atoms with Crippen LogP contribution >= 0.6 is 11.6 Å². The van der Waals surface area contributed by atoms with Crippen LogP contribution in [-0.2, 0) is 0 Å². The molecule has 4 rings (SSSR count). The highest BCUT2D eigenvalue weighted by atomic mass is 35.5. The van der Waals surface area contributed by atoms with Crippen LogP contribution in [0.5, 0.6) is 5.75 Å². The average molecular weight is 392 g/mol. The molecule has 0 saturated heterocycles. The third kappa shape index (κ3) is 3.87. The molecule has 0 aliphatic heterocycles. The van der Waals surface area contributed by atoms with Gasteiger partial charge in [0.05, 0.1) is 5.69 Å². The molecule has 0 aliphatic carbocycles. The highest BCUT2D eigenvalue weighted by molar-refractivity contribution is 6.30. The summed E-state index contributed by atoms with van der Waals surface area (Å²) in [5, 5.41) is 13.7. The summed E-state index contributed by atoms with van der Waals surface area (Å²) in [5.41, 5.74) is 1.31.